The van der Waals surface area contributed by atoms with Gasteiger partial charge in [0.15, 0.2) is 17.3 Å². The summed E-state index contributed by atoms with van der Waals surface area (Å²) in [4.78, 5) is 12.6. The van der Waals surface area contributed by atoms with Gasteiger partial charge in [0.25, 0.3) is 5.91 Å². The molecule has 2 unspecified atom stereocenters. The SMILES string of the molecule is COc1cccc(-c2cc(CNC(=O)C3Oc4ccccc4OC3C)no2)c1. The number of hydrogen-bond donors (Lipinski definition) is 1. The first-order valence-electron chi connectivity index (χ1n) is 8.94. The third-order valence-electron chi connectivity index (χ3n) is 4.46. The third kappa shape index (κ3) is 3.64. The highest BCUT2D eigenvalue weighted by atomic mass is 16.6. The van der Waals surface area contributed by atoms with Crippen molar-refractivity contribution in [1.82, 2.24) is 10.5 Å². The number of benzene rings is 2. The number of hydrogen-bond acceptors (Lipinski definition) is 6. The van der Waals surface area contributed by atoms with Gasteiger partial charge in [0.1, 0.15) is 17.5 Å². The van der Waals surface area contributed by atoms with Gasteiger partial charge >= 0.3 is 0 Å². The summed E-state index contributed by atoms with van der Waals surface area (Å²) in [6.07, 6.45) is -1.14. The van der Waals surface area contributed by atoms with E-state index in [2.05, 4.69) is 10.5 Å². The second-order valence-electron chi connectivity index (χ2n) is 6.44. The van der Waals surface area contributed by atoms with Crippen molar-refractivity contribution in [3.05, 3.63) is 60.3 Å². The van der Waals surface area contributed by atoms with E-state index in [0.29, 0.717) is 23.0 Å². The summed E-state index contributed by atoms with van der Waals surface area (Å²) in [5, 5.41) is 6.84. The van der Waals surface area contributed by atoms with E-state index in [0.717, 1.165) is 11.3 Å². The van der Waals surface area contributed by atoms with Gasteiger partial charge in [-0.15, -0.1) is 0 Å². The van der Waals surface area contributed by atoms with Crippen molar-refractivity contribution >= 4 is 5.91 Å². The smallest absolute Gasteiger partial charge is 0.265 e. The van der Waals surface area contributed by atoms with Crippen molar-refractivity contribution in [1.29, 1.82) is 0 Å². The first-order chi connectivity index (χ1) is 13.6. The first kappa shape index (κ1) is 17.9. The number of amides is 1. The first-order valence-corrected chi connectivity index (χ1v) is 8.94. The lowest BCUT2D eigenvalue weighted by Gasteiger charge is -2.30. The number of carbonyl (C=O) groups is 1. The maximum absolute atomic E-state index is 12.6. The van der Waals surface area contributed by atoms with Crippen LogP contribution in [-0.4, -0.2) is 30.4 Å². The van der Waals surface area contributed by atoms with Crippen LogP contribution in [0.25, 0.3) is 11.3 Å². The molecule has 7 heteroatoms. The van der Waals surface area contributed by atoms with Gasteiger partial charge < -0.3 is 24.1 Å². The molecule has 1 N–H and O–H groups in total. The van der Waals surface area contributed by atoms with Crippen LogP contribution in [0.3, 0.4) is 0 Å². The van der Waals surface area contributed by atoms with Gasteiger partial charge in [0.2, 0.25) is 6.10 Å². The van der Waals surface area contributed by atoms with Crippen molar-refractivity contribution in [2.75, 3.05) is 7.11 Å². The number of fused-ring (bicyclic) bond motifs is 1. The van der Waals surface area contributed by atoms with E-state index in [9.17, 15) is 4.79 Å². The van der Waals surface area contributed by atoms with Crippen LogP contribution < -0.4 is 19.5 Å². The Morgan fingerprint density at radius 3 is 2.68 bits per heavy atom. The molecule has 1 aliphatic rings. The molecule has 1 amide bonds. The zero-order valence-corrected chi connectivity index (χ0v) is 15.5. The van der Waals surface area contributed by atoms with E-state index in [1.54, 1.807) is 26.2 Å². The van der Waals surface area contributed by atoms with Crippen LogP contribution in [0, 0.1) is 0 Å². The van der Waals surface area contributed by atoms with Crippen molar-refractivity contribution in [3.63, 3.8) is 0 Å². The van der Waals surface area contributed by atoms with E-state index in [4.69, 9.17) is 18.7 Å². The minimum Gasteiger partial charge on any atom is -0.497 e. The fourth-order valence-electron chi connectivity index (χ4n) is 2.99. The van der Waals surface area contributed by atoms with Gasteiger partial charge in [-0.1, -0.05) is 29.4 Å². The number of carbonyl (C=O) groups excluding carboxylic acids is 1. The Labute approximate surface area is 162 Å². The summed E-state index contributed by atoms with van der Waals surface area (Å²) in [6.45, 7) is 2.03. The quantitative estimate of drug-likeness (QED) is 0.732. The standard InChI is InChI=1S/C21H20N2O5/c1-13-20(27-18-9-4-3-8-17(18)26-13)21(24)22-12-15-11-19(28-23-15)14-6-5-7-16(10-14)25-2/h3-11,13,20H,12H2,1-2H3,(H,22,24). The van der Waals surface area contributed by atoms with E-state index in [1.165, 1.54) is 0 Å². The average molecular weight is 380 g/mol. The average Bonchev–Trinajstić information content (AvgIpc) is 3.20. The molecule has 28 heavy (non-hydrogen) atoms. The van der Waals surface area contributed by atoms with Crippen molar-refractivity contribution < 1.29 is 23.5 Å². The molecule has 4 rings (SSSR count). The Morgan fingerprint density at radius 1 is 1.11 bits per heavy atom. The fraction of sp³-hybridized carbons (Fsp3) is 0.238. The van der Waals surface area contributed by atoms with E-state index >= 15 is 0 Å². The van der Waals surface area contributed by atoms with Gasteiger partial charge in [0, 0.05) is 11.6 Å². The predicted octanol–water partition coefficient (Wildman–Crippen LogP) is 3.19. The molecular weight excluding hydrogens is 360 g/mol. The van der Waals surface area contributed by atoms with Gasteiger partial charge in [0.05, 0.1) is 13.7 Å². The Kier molecular flexibility index (Phi) is 4.89. The molecule has 3 aromatic rings. The van der Waals surface area contributed by atoms with Gasteiger partial charge in [-0.25, -0.2) is 0 Å². The Balaban J connectivity index is 1.40. The lowest BCUT2D eigenvalue weighted by Crippen LogP contribution is -2.48. The number of para-hydroxylation sites is 2. The maximum atomic E-state index is 12.6. The second kappa shape index (κ2) is 7.64. The second-order valence-corrected chi connectivity index (χ2v) is 6.44. The lowest BCUT2D eigenvalue weighted by molar-refractivity contribution is -0.133. The zero-order chi connectivity index (χ0) is 19.5. The van der Waals surface area contributed by atoms with Crippen LogP contribution >= 0.6 is 0 Å². The van der Waals surface area contributed by atoms with Crippen LogP contribution in [0.2, 0.25) is 0 Å². The van der Waals surface area contributed by atoms with Crippen molar-refractivity contribution in [2.45, 2.75) is 25.7 Å². The minimum atomic E-state index is -0.736. The third-order valence-corrected chi connectivity index (χ3v) is 4.46. The molecule has 0 saturated heterocycles. The summed E-state index contributed by atoms with van der Waals surface area (Å²) in [5.74, 6) is 2.25. The van der Waals surface area contributed by atoms with Crippen LogP contribution in [0.1, 0.15) is 12.6 Å². The number of ether oxygens (including phenoxy) is 3. The molecule has 1 aliphatic heterocycles. The molecule has 0 bridgehead atoms. The Bertz CT molecular complexity index is 984. The highest BCUT2D eigenvalue weighted by Gasteiger charge is 2.33. The van der Waals surface area contributed by atoms with Crippen LogP contribution in [0.15, 0.2) is 59.1 Å². The number of methoxy groups -OCH3 is 1. The van der Waals surface area contributed by atoms with Gasteiger partial charge in [-0.3, -0.25) is 4.79 Å². The molecule has 1 aromatic heterocycles. The lowest BCUT2D eigenvalue weighted by atomic mass is 10.1. The zero-order valence-electron chi connectivity index (χ0n) is 15.5. The van der Waals surface area contributed by atoms with Crippen LogP contribution in [0.5, 0.6) is 17.2 Å². The van der Waals surface area contributed by atoms with Gasteiger partial charge in [-0.2, -0.15) is 0 Å². The molecule has 0 aliphatic carbocycles. The molecule has 0 fully saturated rings. The van der Waals surface area contributed by atoms with Crippen molar-refractivity contribution in [3.8, 4) is 28.6 Å². The number of nitrogens with zero attached hydrogens (tertiary/aromatic N) is 1. The number of rotatable bonds is 5. The summed E-state index contributed by atoms with van der Waals surface area (Å²) < 4.78 is 22.2. The largest absolute Gasteiger partial charge is 0.497 e. The summed E-state index contributed by atoms with van der Waals surface area (Å²) in [5.41, 5.74) is 1.45. The van der Waals surface area contributed by atoms with Crippen LogP contribution in [0.4, 0.5) is 0 Å². The molecule has 2 heterocycles. The maximum Gasteiger partial charge on any atom is 0.265 e. The molecule has 7 nitrogen and oxygen atoms in total. The summed E-state index contributed by atoms with van der Waals surface area (Å²) in [6, 6.07) is 16.6. The summed E-state index contributed by atoms with van der Waals surface area (Å²) in [7, 11) is 1.61. The molecule has 144 valence electrons. The molecule has 0 radical (unpaired) electrons. The fourth-order valence-corrected chi connectivity index (χ4v) is 2.99. The summed E-state index contributed by atoms with van der Waals surface area (Å²) >= 11 is 0. The Hall–Kier alpha value is -3.48. The molecule has 2 atom stereocenters. The van der Waals surface area contributed by atoms with Crippen molar-refractivity contribution in [2.24, 2.45) is 0 Å². The highest BCUT2D eigenvalue weighted by molar-refractivity contribution is 5.82. The molecule has 0 spiro atoms. The normalized spacial score (nSPS) is 17.8. The van der Waals surface area contributed by atoms with E-state index in [-0.39, 0.29) is 12.5 Å². The monoisotopic (exact) mass is 380 g/mol. The van der Waals surface area contributed by atoms with Gasteiger partial charge in [-0.05, 0) is 31.2 Å². The molecular formula is C21H20N2O5. The van der Waals surface area contributed by atoms with E-state index < -0.39 is 12.2 Å². The van der Waals surface area contributed by atoms with E-state index in [1.807, 2.05) is 42.5 Å². The topological polar surface area (TPSA) is 82.8 Å². The minimum absolute atomic E-state index is 0.223. The molecule has 2 aromatic carbocycles. The van der Waals surface area contributed by atoms with Crippen LogP contribution in [-0.2, 0) is 11.3 Å². The predicted molar refractivity (Wildman–Crippen MR) is 101 cm³/mol. The Morgan fingerprint density at radius 2 is 1.89 bits per heavy atom. The number of aromatic nitrogens is 1. The highest BCUT2D eigenvalue weighted by Crippen LogP contribution is 2.33. The molecule has 0 saturated carbocycles. The number of nitrogens with one attached hydrogen (secondary N) is 1.